The second-order valence-electron chi connectivity index (χ2n) is 5.11. The minimum atomic E-state index is -0.718. The highest BCUT2D eigenvalue weighted by Gasteiger charge is 2.27. The number of hydrogen-bond donors (Lipinski definition) is 0. The highest BCUT2D eigenvalue weighted by molar-refractivity contribution is 5.86. The Kier molecular flexibility index (Phi) is 3.72. The quantitative estimate of drug-likeness (QED) is 0.532. The minimum Gasteiger partial charge on any atom is -0.258 e. The number of nitrogens with zero attached hydrogens (tertiary/aromatic N) is 2. The molecule has 0 aliphatic rings. The predicted molar refractivity (Wildman–Crippen MR) is 86.5 cm³/mol. The van der Waals surface area contributed by atoms with Gasteiger partial charge in [-0.25, -0.2) is 0 Å². The SMILES string of the molecule is O=[N+]([O-])c1cccc(Cc2cccc3ccccc23)c1[N+](=O)[O-]. The molecular weight excluding hydrogens is 296 g/mol. The Balaban J connectivity index is 2.14. The van der Waals surface area contributed by atoms with E-state index in [1.807, 2.05) is 42.5 Å². The fourth-order valence-corrected chi connectivity index (χ4v) is 2.73. The highest BCUT2D eigenvalue weighted by atomic mass is 16.6. The van der Waals surface area contributed by atoms with Gasteiger partial charge in [0.2, 0.25) is 0 Å². The molecule has 6 heteroatoms. The molecule has 3 rings (SSSR count). The summed E-state index contributed by atoms with van der Waals surface area (Å²) in [6, 6.07) is 17.6. The van der Waals surface area contributed by atoms with Gasteiger partial charge in [-0.2, -0.15) is 0 Å². The summed E-state index contributed by atoms with van der Waals surface area (Å²) in [6.45, 7) is 0. The van der Waals surface area contributed by atoms with Gasteiger partial charge in [-0.15, -0.1) is 0 Å². The first-order valence-electron chi connectivity index (χ1n) is 6.95. The van der Waals surface area contributed by atoms with Gasteiger partial charge in [-0.3, -0.25) is 20.2 Å². The van der Waals surface area contributed by atoms with Gasteiger partial charge in [0.25, 0.3) is 0 Å². The number of nitro benzene ring substituents is 2. The molecule has 0 spiro atoms. The Morgan fingerprint density at radius 1 is 0.739 bits per heavy atom. The second kappa shape index (κ2) is 5.84. The van der Waals surface area contributed by atoms with Crippen LogP contribution in [0.25, 0.3) is 10.8 Å². The third-order valence-corrected chi connectivity index (χ3v) is 3.74. The number of nitro groups is 2. The number of benzene rings is 3. The Bertz CT molecular complexity index is 916. The van der Waals surface area contributed by atoms with Crippen molar-refractivity contribution in [2.24, 2.45) is 0 Å². The van der Waals surface area contributed by atoms with E-state index in [9.17, 15) is 20.2 Å². The van der Waals surface area contributed by atoms with E-state index < -0.39 is 21.2 Å². The molecule has 6 nitrogen and oxygen atoms in total. The Morgan fingerprint density at radius 3 is 2.13 bits per heavy atom. The lowest BCUT2D eigenvalue weighted by molar-refractivity contribution is -0.422. The first-order valence-corrected chi connectivity index (χ1v) is 6.95. The number of fused-ring (bicyclic) bond motifs is 1. The van der Waals surface area contributed by atoms with Crippen LogP contribution in [0.5, 0.6) is 0 Å². The lowest BCUT2D eigenvalue weighted by atomic mass is 9.97. The summed E-state index contributed by atoms with van der Waals surface area (Å²) in [5, 5.41) is 24.4. The molecule has 0 aliphatic carbocycles. The van der Waals surface area contributed by atoms with Crippen LogP contribution in [0.2, 0.25) is 0 Å². The maximum Gasteiger partial charge on any atom is 0.349 e. The molecular formula is C17H12N2O4. The standard InChI is InChI=1S/C17H12N2O4/c20-18(21)16-10-4-8-14(17(16)19(22)23)11-13-7-3-6-12-5-1-2-9-15(12)13/h1-10H,11H2. The zero-order valence-corrected chi connectivity index (χ0v) is 12.0. The molecule has 0 aromatic heterocycles. The van der Waals surface area contributed by atoms with Crippen LogP contribution < -0.4 is 0 Å². The van der Waals surface area contributed by atoms with Crippen molar-refractivity contribution in [3.63, 3.8) is 0 Å². The first kappa shape index (κ1) is 14.6. The molecule has 0 unspecified atom stereocenters. The molecule has 23 heavy (non-hydrogen) atoms. The number of hydrogen-bond acceptors (Lipinski definition) is 4. The minimum absolute atomic E-state index is 0.263. The summed E-state index contributed by atoms with van der Waals surface area (Å²) >= 11 is 0. The third-order valence-electron chi connectivity index (χ3n) is 3.74. The molecule has 3 aromatic rings. The van der Waals surface area contributed by atoms with Crippen LogP contribution in [-0.2, 0) is 6.42 Å². The van der Waals surface area contributed by atoms with Crippen molar-refractivity contribution in [3.05, 3.63) is 92.0 Å². The molecule has 0 bridgehead atoms. The van der Waals surface area contributed by atoms with Gasteiger partial charge in [0.15, 0.2) is 0 Å². The van der Waals surface area contributed by atoms with Crippen molar-refractivity contribution in [1.29, 1.82) is 0 Å². The van der Waals surface area contributed by atoms with Gasteiger partial charge in [0.05, 0.1) is 9.85 Å². The summed E-state index contributed by atoms with van der Waals surface area (Å²) in [5.41, 5.74) is 0.311. The van der Waals surface area contributed by atoms with Gasteiger partial charge >= 0.3 is 11.4 Å². The van der Waals surface area contributed by atoms with Crippen LogP contribution in [0.15, 0.2) is 60.7 Å². The summed E-state index contributed by atoms with van der Waals surface area (Å²) in [7, 11) is 0. The summed E-state index contributed by atoms with van der Waals surface area (Å²) in [6.07, 6.45) is 0.263. The molecule has 3 aromatic carbocycles. The van der Waals surface area contributed by atoms with Crippen molar-refractivity contribution >= 4 is 22.1 Å². The van der Waals surface area contributed by atoms with Crippen LogP contribution >= 0.6 is 0 Å². The normalized spacial score (nSPS) is 10.6. The molecule has 0 heterocycles. The Hall–Kier alpha value is -3.28. The van der Waals surface area contributed by atoms with Gasteiger partial charge in [0.1, 0.15) is 0 Å². The van der Waals surface area contributed by atoms with Gasteiger partial charge < -0.3 is 0 Å². The molecule has 0 fully saturated rings. The fraction of sp³-hybridized carbons (Fsp3) is 0.0588. The topological polar surface area (TPSA) is 86.3 Å². The molecule has 0 N–H and O–H groups in total. The zero-order valence-electron chi connectivity index (χ0n) is 12.0. The maximum atomic E-state index is 11.3. The largest absolute Gasteiger partial charge is 0.349 e. The van der Waals surface area contributed by atoms with Gasteiger partial charge in [-0.1, -0.05) is 54.6 Å². The van der Waals surface area contributed by atoms with Crippen LogP contribution in [0.1, 0.15) is 11.1 Å². The van der Waals surface area contributed by atoms with Gasteiger partial charge in [-0.05, 0) is 16.3 Å². The van der Waals surface area contributed by atoms with Crippen LogP contribution in [0, 0.1) is 20.2 Å². The smallest absolute Gasteiger partial charge is 0.258 e. The van der Waals surface area contributed by atoms with E-state index in [0.717, 1.165) is 22.4 Å². The van der Waals surface area contributed by atoms with Gasteiger partial charge in [0, 0.05) is 18.1 Å². The van der Waals surface area contributed by atoms with Crippen molar-refractivity contribution in [3.8, 4) is 0 Å². The van der Waals surface area contributed by atoms with E-state index in [0.29, 0.717) is 5.56 Å². The monoisotopic (exact) mass is 308 g/mol. The average Bonchev–Trinajstić information content (AvgIpc) is 2.54. The molecule has 0 amide bonds. The van der Waals surface area contributed by atoms with E-state index >= 15 is 0 Å². The molecule has 0 aliphatic heterocycles. The van der Waals surface area contributed by atoms with Crippen molar-refractivity contribution in [2.45, 2.75) is 6.42 Å². The van der Waals surface area contributed by atoms with E-state index in [1.165, 1.54) is 6.07 Å². The molecule has 114 valence electrons. The Labute approximate surface area is 131 Å². The Morgan fingerprint density at radius 2 is 1.39 bits per heavy atom. The number of para-hydroxylation sites is 1. The van der Waals surface area contributed by atoms with E-state index in [-0.39, 0.29) is 6.42 Å². The van der Waals surface area contributed by atoms with E-state index in [2.05, 4.69) is 0 Å². The first-order chi connectivity index (χ1) is 11.1. The van der Waals surface area contributed by atoms with Crippen molar-refractivity contribution in [1.82, 2.24) is 0 Å². The molecule has 0 saturated heterocycles. The second-order valence-corrected chi connectivity index (χ2v) is 5.11. The molecule has 0 atom stereocenters. The highest BCUT2D eigenvalue weighted by Crippen LogP contribution is 2.33. The summed E-state index contributed by atoms with van der Waals surface area (Å²) in [5.74, 6) is 0. The maximum absolute atomic E-state index is 11.3. The summed E-state index contributed by atoms with van der Waals surface area (Å²) < 4.78 is 0. The fourth-order valence-electron chi connectivity index (χ4n) is 2.73. The lowest BCUT2D eigenvalue weighted by Gasteiger charge is -2.07. The average molecular weight is 308 g/mol. The van der Waals surface area contributed by atoms with Crippen LogP contribution in [0.3, 0.4) is 0 Å². The van der Waals surface area contributed by atoms with Crippen molar-refractivity contribution < 1.29 is 9.85 Å². The summed E-state index contributed by atoms with van der Waals surface area (Å²) in [4.78, 5) is 20.9. The van der Waals surface area contributed by atoms with E-state index in [4.69, 9.17) is 0 Å². The van der Waals surface area contributed by atoms with Crippen LogP contribution in [0.4, 0.5) is 11.4 Å². The molecule has 0 saturated carbocycles. The zero-order chi connectivity index (χ0) is 16.4. The predicted octanol–water partition coefficient (Wildman–Crippen LogP) is 4.25. The van der Waals surface area contributed by atoms with E-state index in [1.54, 1.807) is 6.07 Å². The lowest BCUT2D eigenvalue weighted by Crippen LogP contribution is -2.02. The third kappa shape index (κ3) is 2.74. The van der Waals surface area contributed by atoms with Crippen molar-refractivity contribution in [2.75, 3.05) is 0 Å². The van der Waals surface area contributed by atoms with Crippen LogP contribution in [-0.4, -0.2) is 9.85 Å². The molecule has 0 radical (unpaired) electrons. The number of rotatable bonds is 4.